The number of thioether (sulfide) groups is 1. The van der Waals surface area contributed by atoms with Crippen LogP contribution in [0.4, 0.5) is 5.69 Å². The van der Waals surface area contributed by atoms with Crippen molar-refractivity contribution in [3.8, 4) is 17.1 Å². The van der Waals surface area contributed by atoms with Gasteiger partial charge in [0.15, 0.2) is 11.0 Å². The van der Waals surface area contributed by atoms with Crippen LogP contribution in [-0.2, 0) is 11.3 Å². The van der Waals surface area contributed by atoms with Crippen LogP contribution >= 0.6 is 11.8 Å². The third-order valence-corrected chi connectivity index (χ3v) is 5.76. The third kappa shape index (κ3) is 5.03. The quantitative estimate of drug-likeness (QED) is 0.362. The lowest BCUT2D eigenvalue weighted by atomic mass is 10.2. The zero-order valence-electron chi connectivity index (χ0n) is 17.9. The zero-order chi connectivity index (χ0) is 22.3. The molecule has 0 radical (unpaired) electrons. The van der Waals surface area contributed by atoms with Crippen molar-refractivity contribution in [2.24, 2.45) is 0 Å². The number of amides is 1. The van der Waals surface area contributed by atoms with E-state index >= 15 is 0 Å². The molecule has 4 aromatic rings. The van der Waals surface area contributed by atoms with E-state index in [1.54, 1.807) is 6.26 Å². The minimum absolute atomic E-state index is 0.141. The molecule has 32 heavy (non-hydrogen) atoms. The normalized spacial score (nSPS) is 10.8. The van der Waals surface area contributed by atoms with E-state index in [2.05, 4.69) is 27.6 Å². The van der Waals surface area contributed by atoms with E-state index in [9.17, 15) is 4.79 Å². The summed E-state index contributed by atoms with van der Waals surface area (Å²) in [7, 11) is 0. The predicted octanol–water partition coefficient (Wildman–Crippen LogP) is 5.02. The van der Waals surface area contributed by atoms with E-state index in [-0.39, 0.29) is 11.7 Å². The van der Waals surface area contributed by atoms with E-state index in [1.165, 1.54) is 11.8 Å². The van der Waals surface area contributed by atoms with Gasteiger partial charge in [-0.3, -0.25) is 9.36 Å². The second-order valence-electron chi connectivity index (χ2n) is 7.03. The van der Waals surface area contributed by atoms with Gasteiger partial charge in [-0.25, -0.2) is 0 Å². The van der Waals surface area contributed by atoms with Crippen molar-refractivity contribution in [3.05, 3.63) is 78.3 Å². The smallest absolute Gasteiger partial charge is 0.234 e. The molecule has 2 heterocycles. The number of hydrogen-bond donors (Lipinski definition) is 1. The van der Waals surface area contributed by atoms with Gasteiger partial charge in [0.25, 0.3) is 0 Å². The van der Waals surface area contributed by atoms with E-state index in [4.69, 9.17) is 9.15 Å². The number of para-hydroxylation sites is 2. The van der Waals surface area contributed by atoms with Crippen LogP contribution in [-0.4, -0.2) is 33.0 Å². The summed E-state index contributed by atoms with van der Waals surface area (Å²) in [6.07, 6.45) is 1.64. The van der Waals surface area contributed by atoms with Crippen molar-refractivity contribution >= 4 is 23.4 Å². The molecule has 0 spiro atoms. The molecule has 0 aliphatic carbocycles. The first kappa shape index (κ1) is 21.7. The van der Waals surface area contributed by atoms with Crippen molar-refractivity contribution in [2.75, 3.05) is 17.7 Å². The summed E-state index contributed by atoms with van der Waals surface area (Å²) < 4.78 is 13.1. The number of hydrogen-bond acceptors (Lipinski definition) is 6. The highest BCUT2D eigenvalue weighted by Crippen LogP contribution is 2.29. The zero-order valence-corrected chi connectivity index (χ0v) is 18.8. The first-order valence-electron chi connectivity index (χ1n) is 10.3. The maximum atomic E-state index is 12.6. The number of benzene rings is 2. The summed E-state index contributed by atoms with van der Waals surface area (Å²) in [5.41, 5.74) is 2.66. The van der Waals surface area contributed by atoms with Crippen LogP contribution in [0.5, 0.6) is 5.75 Å². The largest absolute Gasteiger partial charge is 0.492 e. The van der Waals surface area contributed by atoms with Crippen LogP contribution in [0.15, 0.2) is 76.5 Å². The fraction of sp³-hybridized carbons (Fsp3) is 0.208. The maximum absolute atomic E-state index is 12.6. The van der Waals surface area contributed by atoms with Gasteiger partial charge < -0.3 is 14.5 Å². The standard InChI is InChI=1S/C24H24N4O3S/c1-3-30-21-12-8-7-11-20(21)25-22(29)16-32-24-27-26-23(19-13-14-31-17(19)2)28(24)15-18-9-5-4-6-10-18/h4-14H,3,15-16H2,1-2H3,(H,25,29). The van der Waals surface area contributed by atoms with E-state index in [1.807, 2.05) is 66.9 Å². The van der Waals surface area contributed by atoms with Crippen molar-refractivity contribution in [2.45, 2.75) is 25.5 Å². The van der Waals surface area contributed by atoms with Gasteiger partial charge in [0, 0.05) is 0 Å². The average Bonchev–Trinajstić information content (AvgIpc) is 3.40. The molecule has 8 heteroatoms. The molecule has 1 amide bonds. The Bertz CT molecular complexity index is 1190. The second-order valence-corrected chi connectivity index (χ2v) is 7.98. The molecule has 0 atom stereocenters. The maximum Gasteiger partial charge on any atom is 0.234 e. The number of nitrogens with one attached hydrogen (secondary N) is 1. The lowest BCUT2D eigenvalue weighted by Gasteiger charge is -2.12. The highest BCUT2D eigenvalue weighted by atomic mass is 32.2. The first-order chi connectivity index (χ1) is 15.7. The van der Waals surface area contributed by atoms with Gasteiger partial charge in [-0.1, -0.05) is 54.2 Å². The summed E-state index contributed by atoms with van der Waals surface area (Å²) in [6, 6.07) is 19.4. The molecular formula is C24H24N4O3S. The van der Waals surface area contributed by atoms with Crippen molar-refractivity contribution in [3.63, 3.8) is 0 Å². The van der Waals surface area contributed by atoms with Gasteiger partial charge in [-0.2, -0.15) is 0 Å². The molecule has 0 bridgehead atoms. The second kappa shape index (κ2) is 10.2. The van der Waals surface area contributed by atoms with Gasteiger partial charge in [0.1, 0.15) is 11.5 Å². The Kier molecular flexibility index (Phi) is 6.91. The third-order valence-electron chi connectivity index (χ3n) is 4.79. The predicted molar refractivity (Wildman–Crippen MR) is 125 cm³/mol. The van der Waals surface area contributed by atoms with Gasteiger partial charge >= 0.3 is 0 Å². The Morgan fingerprint density at radius 1 is 1.09 bits per heavy atom. The summed E-state index contributed by atoms with van der Waals surface area (Å²) in [6.45, 7) is 4.92. The van der Waals surface area contributed by atoms with Crippen LogP contribution in [0, 0.1) is 6.92 Å². The van der Waals surface area contributed by atoms with Crippen LogP contribution in [0.3, 0.4) is 0 Å². The number of nitrogens with zero attached hydrogens (tertiary/aromatic N) is 3. The van der Waals surface area contributed by atoms with Crippen LogP contribution in [0.1, 0.15) is 18.2 Å². The molecule has 0 aliphatic rings. The van der Waals surface area contributed by atoms with Gasteiger partial charge in [0.2, 0.25) is 5.91 Å². The lowest BCUT2D eigenvalue weighted by Crippen LogP contribution is -2.15. The Morgan fingerprint density at radius 3 is 2.62 bits per heavy atom. The molecule has 0 aliphatic heterocycles. The van der Waals surface area contributed by atoms with Crippen molar-refractivity contribution < 1.29 is 13.9 Å². The lowest BCUT2D eigenvalue weighted by molar-refractivity contribution is -0.113. The summed E-state index contributed by atoms with van der Waals surface area (Å²) in [5, 5.41) is 12.3. The van der Waals surface area contributed by atoms with Crippen molar-refractivity contribution in [1.29, 1.82) is 0 Å². The molecule has 4 rings (SSSR count). The number of aryl methyl sites for hydroxylation is 1. The Labute approximate surface area is 190 Å². The molecular weight excluding hydrogens is 424 g/mol. The van der Waals surface area contributed by atoms with E-state index < -0.39 is 0 Å². The Morgan fingerprint density at radius 2 is 1.88 bits per heavy atom. The number of rotatable bonds is 9. The number of carbonyl (C=O) groups is 1. The van der Waals surface area contributed by atoms with Gasteiger partial charge in [0.05, 0.1) is 36.4 Å². The molecule has 1 N–H and O–H groups in total. The SMILES string of the molecule is CCOc1ccccc1NC(=O)CSc1nnc(-c2ccoc2C)n1Cc1ccccc1. The molecule has 164 valence electrons. The topological polar surface area (TPSA) is 82.2 Å². The minimum Gasteiger partial charge on any atom is -0.492 e. The molecule has 0 saturated carbocycles. The molecule has 0 saturated heterocycles. The summed E-state index contributed by atoms with van der Waals surface area (Å²) in [5.74, 6) is 2.19. The summed E-state index contributed by atoms with van der Waals surface area (Å²) in [4.78, 5) is 12.6. The average molecular weight is 449 g/mol. The number of anilines is 1. The van der Waals surface area contributed by atoms with E-state index in [0.29, 0.717) is 35.6 Å². The van der Waals surface area contributed by atoms with Crippen LogP contribution in [0.25, 0.3) is 11.4 Å². The number of ether oxygens (including phenoxy) is 1. The number of carbonyl (C=O) groups excluding carboxylic acids is 1. The Balaban J connectivity index is 1.53. The molecule has 2 aromatic heterocycles. The van der Waals surface area contributed by atoms with Crippen LogP contribution < -0.4 is 10.1 Å². The highest BCUT2D eigenvalue weighted by Gasteiger charge is 2.19. The van der Waals surface area contributed by atoms with Gasteiger partial charge in [-0.15, -0.1) is 10.2 Å². The van der Waals surface area contributed by atoms with Crippen LogP contribution in [0.2, 0.25) is 0 Å². The van der Waals surface area contributed by atoms with Crippen molar-refractivity contribution in [1.82, 2.24) is 14.8 Å². The molecule has 7 nitrogen and oxygen atoms in total. The minimum atomic E-state index is -0.141. The summed E-state index contributed by atoms with van der Waals surface area (Å²) >= 11 is 1.34. The fourth-order valence-electron chi connectivity index (χ4n) is 3.29. The van der Waals surface area contributed by atoms with Gasteiger partial charge in [-0.05, 0) is 37.6 Å². The number of aromatic nitrogens is 3. The molecule has 0 fully saturated rings. The monoisotopic (exact) mass is 448 g/mol. The first-order valence-corrected chi connectivity index (χ1v) is 11.3. The molecule has 2 aromatic carbocycles. The highest BCUT2D eigenvalue weighted by molar-refractivity contribution is 7.99. The number of furan rings is 1. The van der Waals surface area contributed by atoms with E-state index in [0.717, 1.165) is 16.9 Å². The molecule has 0 unspecified atom stereocenters. The fourth-order valence-corrected chi connectivity index (χ4v) is 4.03. The Hall–Kier alpha value is -3.52.